The molecule has 3 aromatic rings. The fourth-order valence-electron chi connectivity index (χ4n) is 2.30. The van der Waals surface area contributed by atoms with E-state index in [2.05, 4.69) is 4.98 Å². The molecule has 0 bridgehead atoms. The van der Waals surface area contributed by atoms with Crippen molar-refractivity contribution in [2.24, 2.45) is 0 Å². The Kier molecular flexibility index (Phi) is 6.82. The van der Waals surface area contributed by atoms with E-state index in [1.807, 2.05) is 65.6 Å². The smallest absolute Gasteiger partial charge is 0.0946 e. The Labute approximate surface area is 161 Å². The zero-order valence-electron chi connectivity index (χ0n) is 13.5. The van der Waals surface area contributed by atoms with Crippen LogP contribution < -0.4 is 0 Å². The molecule has 0 aliphatic carbocycles. The third kappa shape index (κ3) is 6.08. The van der Waals surface area contributed by atoms with Crippen molar-refractivity contribution in [1.29, 1.82) is 0 Å². The van der Waals surface area contributed by atoms with Crippen molar-refractivity contribution in [3.05, 3.63) is 82.9 Å². The summed E-state index contributed by atoms with van der Waals surface area (Å²) in [5, 5.41) is 1.48. The van der Waals surface area contributed by atoms with Gasteiger partial charge in [0.05, 0.1) is 25.6 Å². The number of nitrogens with zero attached hydrogens (tertiary/aromatic N) is 2. The molecule has 1 atom stereocenters. The third-order valence-corrected chi connectivity index (χ3v) is 5.27. The molecule has 0 aliphatic heterocycles. The monoisotopic (exact) mass is 392 g/mol. The maximum Gasteiger partial charge on any atom is 0.0946 e. The Morgan fingerprint density at radius 2 is 1.68 bits per heavy atom. The predicted molar refractivity (Wildman–Crippen MR) is 104 cm³/mol. The van der Waals surface area contributed by atoms with Crippen molar-refractivity contribution in [3.8, 4) is 0 Å². The van der Waals surface area contributed by atoms with Crippen LogP contribution in [0, 0.1) is 0 Å². The fraction of sp³-hybridized carbons (Fsp3) is 0.211. The molecular weight excluding hydrogens is 375 g/mol. The number of hydrogen-bond donors (Lipinski definition) is 0. The Hall–Kier alpha value is -1.46. The normalized spacial score (nSPS) is 12.2. The maximum absolute atomic E-state index is 6.15. The lowest BCUT2D eigenvalue weighted by atomic mass is 10.2. The predicted octanol–water partition coefficient (Wildman–Crippen LogP) is 5.57. The van der Waals surface area contributed by atoms with E-state index in [1.165, 1.54) is 4.90 Å². The summed E-state index contributed by atoms with van der Waals surface area (Å²) in [6, 6.07) is 15.6. The SMILES string of the molecule is Clc1ccc(COC(CSc2ccc(Cl)cc2)Cn2ccnc2)cc1. The average Bonchev–Trinajstić information content (AvgIpc) is 3.13. The third-order valence-electron chi connectivity index (χ3n) is 3.62. The van der Waals surface area contributed by atoms with Crippen LogP contribution in [-0.4, -0.2) is 21.4 Å². The highest BCUT2D eigenvalue weighted by Gasteiger charge is 2.12. The topological polar surface area (TPSA) is 27.1 Å². The van der Waals surface area contributed by atoms with Crippen molar-refractivity contribution in [3.63, 3.8) is 0 Å². The van der Waals surface area contributed by atoms with E-state index in [-0.39, 0.29) is 6.10 Å². The zero-order valence-corrected chi connectivity index (χ0v) is 15.8. The van der Waals surface area contributed by atoms with Crippen LogP contribution in [0.3, 0.4) is 0 Å². The fourth-order valence-corrected chi connectivity index (χ4v) is 3.46. The number of hydrogen-bond acceptors (Lipinski definition) is 3. The lowest BCUT2D eigenvalue weighted by Crippen LogP contribution is -2.22. The molecule has 0 amide bonds. The molecule has 1 aromatic heterocycles. The Bertz CT molecular complexity index is 712. The van der Waals surface area contributed by atoms with Gasteiger partial charge in [-0.2, -0.15) is 0 Å². The molecule has 0 saturated carbocycles. The van der Waals surface area contributed by atoms with Crippen molar-refractivity contribution >= 4 is 35.0 Å². The number of ether oxygens (including phenoxy) is 1. The highest BCUT2D eigenvalue weighted by molar-refractivity contribution is 7.99. The highest BCUT2D eigenvalue weighted by atomic mass is 35.5. The summed E-state index contributed by atoms with van der Waals surface area (Å²) >= 11 is 13.6. The molecule has 0 spiro atoms. The van der Waals surface area contributed by atoms with E-state index in [4.69, 9.17) is 27.9 Å². The van der Waals surface area contributed by atoms with Gasteiger partial charge in [-0.05, 0) is 42.0 Å². The van der Waals surface area contributed by atoms with Crippen molar-refractivity contribution < 1.29 is 4.74 Å². The first kappa shape index (κ1) is 18.3. The summed E-state index contributed by atoms with van der Waals surface area (Å²) in [4.78, 5) is 5.28. The summed E-state index contributed by atoms with van der Waals surface area (Å²) in [5.41, 5.74) is 1.11. The van der Waals surface area contributed by atoms with Crippen LogP contribution in [0.1, 0.15) is 5.56 Å². The molecule has 0 aliphatic rings. The molecule has 0 fully saturated rings. The summed E-state index contributed by atoms with van der Waals surface area (Å²) < 4.78 is 8.18. The zero-order chi connectivity index (χ0) is 17.5. The summed E-state index contributed by atoms with van der Waals surface area (Å²) in [7, 11) is 0. The van der Waals surface area contributed by atoms with Gasteiger partial charge in [0, 0.05) is 33.1 Å². The Morgan fingerprint density at radius 3 is 2.32 bits per heavy atom. The highest BCUT2D eigenvalue weighted by Crippen LogP contribution is 2.23. The second kappa shape index (κ2) is 9.30. The van der Waals surface area contributed by atoms with Gasteiger partial charge in [0.2, 0.25) is 0 Å². The quantitative estimate of drug-likeness (QED) is 0.469. The van der Waals surface area contributed by atoms with E-state index < -0.39 is 0 Å². The van der Waals surface area contributed by atoms with Crippen LogP contribution in [0.25, 0.3) is 0 Å². The molecule has 0 radical (unpaired) electrons. The molecule has 3 nitrogen and oxygen atoms in total. The maximum atomic E-state index is 6.15. The first-order chi connectivity index (χ1) is 12.2. The molecule has 3 rings (SSSR count). The van der Waals surface area contributed by atoms with Gasteiger partial charge in [0.25, 0.3) is 0 Å². The number of benzene rings is 2. The molecule has 130 valence electrons. The minimum Gasteiger partial charge on any atom is -0.371 e. The molecule has 1 heterocycles. The van der Waals surface area contributed by atoms with Gasteiger partial charge < -0.3 is 9.30 Å². The van der Waals surface area contributed by atoms with Crippen LogP contribution in [-0.2, 0) is 17.9 Å². The Balaban J connectivity index is 1.59. The van der Waals surface area contributed by atoms with E-state index in [9.17, 15) is 0 Å². The van der Waals surface area contributed by atoms with Gasteiger partial charge in [0.15, 0.2) is 0 Å². The van der Waals surface area contributed by atoms with Crippen LogP contribution >= 0.6 is 35.0 Å². The summed E-state index contributed by atoms with van der Waals surface area (Å²) in [5.74, 6) is 0.841. The van der Waals surface area contributed by atoms with Gasteiger partial charge in [-0.3, -0.25) is 0 Å². The number of thioether (sulfide) groups is 1. The summed E-state index contributed by atoms with van der Waals surface area (Å²) in [6.07, 6.45) is 5.60. The molecule has 2 aromatic carbocycles. The standard InChI is InChI=1S/C19H18Cl2N2OS/c20-16-3-1-15(2-4-16)12-24-18(11-23-10-9-22-14-23)13-25-19-7-5-17(21)6-8-19/h1-10,14,18H,11-13H2. The van der Waals surface area contributed by atoms with Crippen LogP contribution in [0.2, 0.25) is 10.0 Å². The molecule has 1 unspecified atom stereocenters. The average molecular weight is 393 g/mol. The largest absolute Gasteiger partial charge is 0.371 e. The first-order valence-electron chi connectivity index (χ1n) is 7.89. The summed E-state index contributed by atoms with van der Waals surface area (Å²) in [6.45, 7) is 1.31. The molecule has 0 N–H and O–H groups in total. The lowest BCUT2D eigenvalue weighted by Gasteiger charge is -2.18. The second-order valence-electron chi connectivity index (χ2n) is 5.58. The molecule has 6 heteroatoms. The van der Waals surface area contributed by atoms with E-state index >= 15 is 0 Å². The minimum atomic E-state index is 0.0607. The molecule has 0 saturated heterocycles. The minimum absolute atomic E-state index is 0.0607. The number of rotatable bonds is 8. The van der Waals surface area contributed by atoms with Crippen LogP contribution in [0.15, 0.2) is 72.1 Å². The van der Waals surface area contributed by atoms with Crippen molar-refractivity contribution in [1.82, 2.24) is 9.55 Å². The van der Waals surface area contributed by atoms with Gasteiger partial charge in [-0.25, -0.2) is 4.98 Å². The first-order valence-corrected chi connectivity index (χ1v) is 9.63. The number of aromatic nitrogens is 2. The van der Waals surface area contributed by atoms with Gasteiger partial charge >= 0.3 is 0 Å². The number of imidazole rings is 1. The van der Waals surface area contributed by atoms with Crippen LogP contribution in [0.5, 0.6) is 0 Å². The lowest BCUT2D eigenvalue weighted by molar-refractivity contribution is 0.0450. The van der Waals surface area contributed by atoms with E-state index in [0.717, 1.165) is 27.9 Å². The van der Waals surface area contributed by atoms with E-state index in [1.54, 1.807) is 18.0 Å². The van der Waals surface area contributed by atoms with E-state index in [0.29, 0.717) is 6.61 Å². The van der Waals surface area contributed by atoms with Gasteiger partial charge in [-0.1, -0.05) is 35.3 Å². The van der Waals surface area contributed by atoms with Crippen LogP contribution in [0.4, 0.5) is 0 Å². The second-order valence-corrected chi connectivity index (χ2v) is 7.55. The number of halogens is 2. The van der Waals surface area contributed by atoms with Gasteiger partial charge in [-0.15, -0.1) is 11.8 Å². The van der Waals surface area contributed by atoms with Crippen molar-refractivity contribution in [2.75, 3.05) is 5.75 Å². The van der Waals surface area contributed by atoms with Gasteiger partial charge in [0.1, 0.15) is 0 Å². The van der Waals surface area contributed by atoms with Crippen molar-refractivity contribution in [2.45, 2.75) is 24.2 Å². The molecular formula is C19H18Cl2N2OS. The molecule has 25 heavy (non-hydrogen) atoms. The Morgan fingerprint density at radius 1 is 1.00 bits per heavy atom.